The van der Waals surface area contributed by atoms with Crippen molar-refractivity contribution < 1.29 is 8.78 Å². The van der Waals surface area contributed by atoms with Crippen LogP contribution < -0.4 is 5.32 Å². The van der Waals surface area contributed by atoms with Crippen molar-refractivity contribution in [2.45, 2.75) is 26.7 Å². The Morgan fingerprint density at radius 2 is 1.79 bits per heavy atom. The largest absolute Gasteiger partial charge is 0.348 e. The van der Waals surface area contributed by atoms with Gasteiger partial charge in [0.15, 0.2) is 0 Å². The molecule has 0 spiro atoms. The number of halogens is 2. The molecule has 0 atom stereocenters. The molecule has 1 N–H and O–H groups in total. The van der Waals surface area contributed by atoms with Gasteiger partial charge in [-0.1, -0.05) is 0 Å². The first-order valence-electron chi connectivity index (χ1n) is 4.31. The zero-order valence-corrected chi connectivity index (χ0v) is 8.43. The molecule has 0 saturated carbocycles. The summed E-state index contributed by atoms with van der Waals surface area (Å²) in [6.45, 7) is 3.99. The van der Waals surface area contributed by atoms with Gasteiger partial charge in [0.05, 0.1) is 6.54 Å². The fraction of sp³-hybridized carbons (Fsp3) is 0.556. The lowest BCUT2D eigenvalue weighted by Crippen LogP contribution is -2.24. The number of alkyl halides is 2. The molecule has 14 heavy (non-hydrogen) atoms. The molecule has 0 radical (unpaired) electrons. The summed E-state index contributed by atoms with van der Waals surface area (Å²) in [6, 6.07) is 1.79. The maximum Gasteiger partial charge on any atom is 0.262 e. The molecular weight excluding hydrogens is 188 g/mol. The van der Waals surface area contributed by atoms with Crippen LogP contribution in [-0.4, -0.2) is 22.4 Å². The van der Waals surface area contributed by atoms with Crippen molar-refractivity contribution in [3.05, 3.63) is 17.5 Å². The molecule has 5 heteroatoms. The second kappa shape index (κ2) is 3.86. The second-order valence-corrected chi connectivity index (χ2v) is 3.40. The predicted molar refractivity (Wildman–Crippen MR) is 50.6 cm³/mol. The van der Waals surface area contributed by atoms with Crippen LogP contribution in [0.3, 0.4) is 0 Å². The van der Waals surface area contributed by atoms with E-state index in [0.717, 1.165) is 18.3 Å². The number of hydrogen-bond acceptors (Lipinski definition) is 3. The molecule has 1 aromatic heterocycles. The average Bonchev–Trinajstić information content (AvgIpc) is 1.97. The molecule has 0 bridgehead atoms. The normalized spacial score (nSPS) is 11.5. The number of hydrogen-bond donors (Lipinski definition) is 1. The smallest absolute Gasteiger partial charge is 0.262 e. The summed E-state index contributed by atoms with van der Waals surface area (Å²) >= 11 is 0. The van der Waals surface area contributed by atoms with Crippen LogP contribution in [0.4, 0.5) is 14.7 Å². The minimum absolute atomic E-state index is 0.254. The zero-order chi connectivity index (χ0) is 10.8. The molecule has 0 unspecified atom stereocenters. The van der Waals surface area contributed by atoms with Gasteiger partial charge in [0.2, 0.25) is 5.95 Å². The molecule has 0 amide bonds. The highest BCUT2D eigenvalue weighted by molar-refractivity contribution is 5.27. The summed E-state index contributed by atoms with van der Waals surface area (Å²) in [7, 11) is 0. The Labute approximate surface area is 81.6 Å². The number of nitrogens with zero attached hydrogens (tertiary/aromatic N) is 2. The zero-order valence-electron chi connectivity index (χ0n) is 8.43. The van der Waals surface area contributed by atoms with E-state index in [1.807, 2.05) is 0 Å². The summed E-state index contributed by atoms with van der Waals surface area (Å²) in [5.41, 5.74) is 1.53. The Balaban J connectivity index is 2.68. The second-order valence-electron chi connectivity index (χ2n) is 3.40. The SMILES string of the molecule is Cc1cc(C)nc(NCC(C)(F)F)n1. The third-order valence-electron chi connectivity index (χ3n) is 1.54. The first-order chi connectivity index (χ1) is 6.37. The van der Waals surface area contributed by atoms with Crippen molar-refractivity contribution in [1.82, 2.24) is 9.97 Å². The first-order valence-corrected chi connectivity index (χ1v) is 4.31. The maximum atomic E-state index is 12.5. The number of aryl methyl sites for hydroxylation is 2. The van der Waals surface area contributed by atoms with Gasteiger partial charge < -0.3 is 5.32 Å². The van der Waals surface area contributed by atoms with E-state index in [1.54, 1.807) is 19.9 Å². The van der Waals surface area contributed by atoms with Crippen LogP contribution in [0.25, 0.3) is 0 Å². The van der Waals surface area contributed by atoms with Crippen LogP contribution in [0.2, 0.25) is 0 Å². The van der Waals surface area contributed by atoms with Crippen LogP contribution in [0.5, 0.6) is 0 Å². The lowest BCUT2D eigenvalue weighted by atomic mass is 10.3. The number of rotatable bonds is 3. The summed E-state index contributed by atoms with van der Waals surface area (Å²) in [6.07, 6.45) is 0. The fourth-order valence-electron chi connectivity index (χ4n) is 1.04. The van der Waals surface area contributed by atoms with Crippen LogP contribution in [0.1, 0.15) is 18.3 Å². The van der Waals surface area contributed by atoms with Gasteiger partial charge >= 0.3 is 0 Å². The van der Waals surface area contributed by atoms with E-state index in [4.69, 9.17) is 0 Å². The molecule has 0 aliphatic heterocycles. The van der Waals surface area contributed by atoms with Gasteiger partial charge in [-0.25, -0.2) is 18.7 Å². The van der Waals surface area contributed by atoms with E-state index in [0.29, 0.717) is 0 Å². The molecule has 1 rings (SSSR count). The van der Waals surface area contributed by atoms with E-state index in [-0.39, 0.29) is 5.95 Å². The van der Waals surface area contributed by atoms with E-state index in [9.17, 15) is 8.78 Å². The number of aromatic nitrogens is 2. The average molecular weight is 201 g/mol. The van der Waals surface area contributed by atoms with E-state index in [1.165, 1.54) is 0 Å². The van der Waals surface area contributed by atoms with Gasteiger partial charge in [-0.2, -0.15) is 0 Å². The van der Waals surface area contributed by atoms with Crippen molar-refractivity contribution >= 4 is 5.95 Å². The number of anilines is 1. The highest BCUT2D eigenvalue weighted by Crippen LogP contribution is 2.12. The molecule has 0 fully saturated rings. The third-order valence-corrected chi connectivity index (χ3v) is 1.54. The maximum absolute atomic E-state index is 12.5. The van der Waals surface area contributed by atoms with E-state index >= 15 is 0 Å². The fourth-order valence-corrected chi connectivity index (χ4v) is 1.04. The Morgan fingerprint density at radius 1 is 1.29 bits per heavy atom. The Hall–Kier alpha value is -1.26. The molecule has 1 heterocycles. The van der Waals surface area contributed by atoms with Crippen LogP contribution >= 0.6 is 0 Å². The summed E-state index contributed by atoms with van der Waals surface area (Å²) in [5, 5.41) is 2.49. The van der Waals surface area contributed by atoms with Crippen LogP contribution in [0.15, 0.2) is 6.07 Å². The lowest BCUT2D eigenvalue weighted by molar-refractivity contribution is 0.0366. The molecule has 1 aromatic rings. The quantitative estimate of drug-likeness (QED) is 0.814. The van der Waals surface area contributed by atoms with Crippen LogP contribution in [0, 0.1) is 13.8 Å². The van der Waals surface area contributed by atoms with Gasteiger partial charge in [-0.05, 0) is 19.9 Å². The molecule has 3 nitrogen and oxygen atoms in total. The van der Waals surface area contributed by atoms with Crippen molar-refractivity contribution in [2.24, 2.45) is 0 Å². The van der Waals surface area contributed by atoms with Crippen molar-refractivity contribution in [3.63, 3.8) is 0 Å². The van der Waals surface area contributed by atoms with Gasteiger partial charge in [0, 0.05) is 18.3 Å². The van der Waals surface area contributed by atoms with Gasteiger partial charge in [-0.3, -0.25) is 0 Å². The van der Waals surface area contributed by atoms with Gasteiger partial charge in [0.25, 0.3) is 5.92 Å². The predicted octanol–water partition coefficient (Wildman–Crippen LogP) is 2.16. The molecule has 0 aromatic carbocycles. The summed E-state index contributed by atoms with van der Waals surface area (Å²) in [5.74, 6) is -2.50. The summed E-state index contributed by atoms with van der Waals surface area (Å²) < 4.78 is 25.0. The molecule has 0 saturated heterocycles. The Kier molecular flexibility index (Phi) is 2.98. The van der Waals surface area contributed by atoms with Gasteiger partial charge in [0.1, 0.15) is 0 Å². The highest BCUT2D eigenvalue weighted by atomic mass is 19.3. The van der Waals surface area contributed by atoms with Crippen molar-refractivity contribution in [2.75, 3.05) is 11.9 Å². The third kappa shape index (κ3) is 3.64. The molecule has 0 aliphatic rings. The highest BCUT2D eigenvalue weighted by Gasteiger charge is 2.20. The first kappa shape index (κ1) is 10.8. The molecule has 78 valence electrons. The minimum atomic E-state index is -2.75. The standard InChI is InChI=1S/C9H13F2N3/c1-6-4-7(2)14-8(13-6)12-5-9(3,10)11/h4H,5H2,1-3H3,(H,12,13,14). The molecule has 0 aliphatic carbocycles. The van der Waals surface area contributed by atoms with Crippen molar-refractivity contribution in [1.29, 1.82) is 0 Å². The van der Waals surface area contributed by atoms with Gasteiger partial charge in [-0.15, -0.1) is 0 Å². The van der Waals surface area contributed by atoms with E-state index < -0.39 is 12.5 Å². The molecular formula is C9H13F2N3. The van der Waals surface area contributed by atoms with Crippen LogP contribution in [-0.2, 0) is 0 Å². The topological polar surface area (TPSA) is 37.8 Å². The minimum Gasteiger partial charge on any atom is -0.348 e. The van der Waals surface area contributed by atoms with Crippen molar-refractivity contribution in [3.8, 4) is 0 Å². The Bertz CT molecular complexity index is 300. The monoisotopic (exact) mass is 201 g/mol. The lowest BCUT2D eigenvalue weighted by Gasteiger charge is -2.11. The van der Waals surface area contributed by atoms with E-state index in [2.05, 4.69) is 15.3 Å². The Morgan fingerprint density at radius 3 is 2.21 bits per heavy atom. The number of nitrogens with one attached hydrogen (secondary N) is 1. The summed E-state index contributed by atoms with van der Waals surface area (Å²) in [4.78, 5) is 7.96.